The van der Waals surface area contributed by atoms with Gasteiger partial charge in [0.25, 0.3) is 0 Å². The first-order valence-corrected chi connectivity index (χ1v) is 7.33. The van der Waals surface area contributed by atoms with Crippen LogP contribution in [-0.4, -0.2) is 33.0 Å². The van der Waals surface area contributed by atoms with Gasteiger partial charge in [-0.15, -0.1) is 0 Å². The molecule has 0 radical (unpaired) electrons. The number of hydrogen-bond donors (Lipinski definition) is 1. The van der Waals surface area contributed by atoms with Crippen LogP contribution < -0.4 is 10.6 Å². The van der Waals surface area contributed by atoms with Crippen molar-refractivity contribution < 1.29 is 8.42 Å². The Balaban J connectivity index is 2.69. The maximum Gasteiger partial charge on any atom is 0.154 e. The largest absolute Gasteiger partial charge is 0.397 e. The number of para-hydroxylation sites is 2. The molecule has 0 amide bonds. The Hall–Kier alpha value is -1.23. The summed E-state index contributed by atoms with van der Waals surface area (Å²) in [5.41, 5.74) is 7.36. The number of nitrogens with two attached hydrogens (primary N) is 1. The Morgan fingerprint density at radius 3 is 2.41 bits per heavy atom. The molecule has 1 aromatic carbocycles. The van der Waals surface area contributed by atoms with Crippen LogP contribution in [-0.2, 0) is 9.84 Å². The zero-order chi connectivity index (χ0) is 13.1. The van der Waals surface area contributed by atoms with Crippen molar-refractivity contribution in [2.75, 3.05) is 30.0 Å². The van der Waals surface area contributed by atoms with Crippen LogP contribution >= 0.6 is 0 Å². The van der Waals surface area contributed by atoms with Crippen LogP contribution in [0.15, 0.2) is 24.3 Å². The van der Waals surface area contributed by atoms with Crippen molar-refractivity contribution in [3.63, 3.8) is 0 Å². The highest BCUT2D eigenvalue weighted by molar-refractivity contribution is 7.92. The number of rotatable bonds is 5. The molecule has 2 N–H and O–H groups in total. The van der Waals surface area contributed by atoms with Crippen LogP contribution in [0.2, 0.25) is 0 Å². The van der Waals surface area contributed by atoms with E-state index in [1.807, 2.05) is 36.2 Å². The molecule has 1 rings (SSSR count). The van der Waals surface area contributed by atoms with E-state index in [-0.39, 0.29) is 11.0 Å². The first-order valence-electron chi connectivity index (χ1n) is 5.62. The molecule has 17 heavy (non-hydrogen) atoms. The van der Waals surface area contributed by atoms with E-state index in [2.05, 4.69) is 0 Å². The third-order valence-electron chi connectivity index (χ3n) is 2.78. The minimum absolute atomic E-state index is 0.148. The monoisotopic (exact) mass is 256 g/mol. The van der Waals surface area contributed by atoms with Crippen molar-refractivity contribution in [2.24, 2.45) is 0 Å². The summed E-state index contributed by atoms with van der Waals surface area (Å²) in [5, 5.41) is -0.330. The number of benzene rings is 1. The van der Waals surface area contributed by atoms with E-state index in [1.165, 1.54) is 0 Å². The summed E-state index contributed by atoms with van der Waals surface area (Å²) in [6, 6.07) is 7.44. The molecule has 0 heterocycles. The molecular weight excluding hydrogens is 236 g/mol. The van der Waals surface area contributed by atoms with Crippen LogP contribution in [0.4, 0.5) is 11.4 Å². The van der Waals surface area contributed by atoms with Gasteiger partial charge >= 0.3 is 0 Å². The maximum absolute atomic E-state index is 11.7. The van der Waals surface area contributed by atoms with Crippen LogP contribution in [0.3, 0.4) is 0 Å². The smallest absolute Gasteiger partial charge is 0.154 e. The van der Waals surface area contributed by atoms with E-state index in [0.717, 1.165) is 5.69 Å². The zero-order valence-corrected chi connectivity index (χ0v) is 11.4. The Kier molecular flexibility index (Phi) is 4.40. The number of nitrogens with zero attached hydrogens (tertiary/aromatic N) is 1. The van der Waals surface area contributed by atoms with E-state index in [1.54, 1.807) is 13.8 Å². The minimum atomic E-state index is -3.00. The maximum atomic E-state index is 11.7. The SMILES string of the molecule is CC(C)S(=O)(=O)CCN(C)c1ccccc1N. The molecule has 0 aliphatic heterocycles. The molecule has 0 saturated heterocycles. The van der Waals surface area contributed by atoms with Crippen molar-refractivity contribution in [1.29, 1.82) is 0 Å². The molecule has 0 unspecified atom stereocenters. The fraction of sp³-hybridized carbons (Fsp3) is 0.500. The summed E-state index contributed by atoms with van der Waals surface area (Å²) in [6.45, 7) is 3.85. The second kappa shape index (κ2) is 5.40. The van der Waals surface area contributed by atoms with E-state index >= 15 is 0 Å². The molecule has 1 aromatic rings. The van der Waals surface area contributed by atoms with Crippen molar-refractivity contribution in [3.05, 3.63) is 24.3 Å². The van der Waals surface area contributed by atoms with Crippen molar-refractivity contribution >= 4 is 21.2 Å². The molecule has 0 saturated carbocycles. The van der Waals surface area contributed by atoms with E-state index in [9.17, 15) is 8.42 Å². The lowest BCUT2D eigenvalue weighted by molar-refractivity contribution is 0.586. The van der Waals surface area contributed by atoms with Gasteiger partial charge in [0.1, 0.15) is 0 Å². The second-order valence-electron chi connectivity index (χ2n) is 4.40. The Bertz CT molecular complexity index is 469. The molecule has 0 spiro atoms. The van der Waals surface area contributed by atoms with Crippen molar-refractivity contribution in [3.8, 4) is 0 Å². The Morgan fingerprint density at radius 1 is 1.29 bits per heavy atom. The van der Waals surface area contributed by atoms with Gasteiger partial charge in [-0.1, -0.05) is 12.1 Å². The summed E-state index contributed by atoms with van der Waals surface area (Å²) in [7, 11) is -1.15. The van der Waals surface area contributed by atoms with Gasteiger partial charge < -0.3 is 10.6 Å². The average molecular weight is 256 g/mol. The van der Waals surface area contributed by atoms with Crippen LogP contribution in [0.5, 0.6) is 0 Å². The van der Waals surface area contributed by atoms with Gasteiger partial charge in [-0.05, 0) is 26.0 Å². The average Bonchev–Trinajstić information content (AvgIpc) is 2.26. The van der Waals surface area contributed by atoms with Gasteiger partial charge in [0.15, 0.2) is 9.84 Å². The summed E-state index contributed by atoms with van der Waals surface area (Å²) in [5.74, 6) is 0.148. The lowest BCUT2D eigenvalue weighted by atomic mass is 10.2. The highest BCUT2D eigenvalue weighted by atomic mass is 32.2. The highest BCUT2D eigenvalue weighted by Gasteiger charge is 2.17. The third kappa shape index (κ3) is 3.63. The van der Waals surface area contributed by atoms with Crippen molar-refractivity contribution in [2.45, 2.75) is 19.1 Å². The number of anilines is 2. The van der Waals surface area contributed by atoms with E-state index in [0.29, 0.717) is 12.2 Å². The lowest BCUT2D eigenvalue weighted by Gasteiger charge is -2.21. The normalized spacial score (nSPS) is 11.8. The fourth-order valence-electron chi connectivity index (χ4n) is 1.46. The molecule has 0 aromatic heterocycles. The molecule has 0 aliphatic carbocycles. The Morgan fingerprint density at radius 2 is 1.88 bits per heavy atom. The molecule has 4 nitrogen and oxygen atoms in total. The van der Waals surface area contributed by atoms with Gasteiger partial charge in [0, 0.05) is 13.6 Å². The van der Waals surface area contributed by atoms with Gasteiger partial charge in [0.2, 0.25) is 0 Å². The van der Waals surface area contributed by atoms with E-state index < -0.39 is 9.84 Å². The molecule has 0 aliphatic rings. The van der Waals surface area contributed by atoms with Gasteiger partial charge in [-0.2, -0.15) is 0 Å². The first-order chi connectivity index (χ1) is 7.84. The van der Waals surface area contributed by atoms with Gasteiger partial charge in [-0.25, -0.2) is 8.42 Å². The summed E-state index contributed by atoms with van der Waals surface area (Å²) < 4.78 is 23.4. The molecular formula is C12H20N2O2S. The zero-order valence-electron chi connectivity index (χ0n) is 10.6. The topological polar surface area (TPSA) is 63.4 Å². The standard InChI is InChI=1S/C12H20N2O2S/c1-10(2)17(15,16)9-8-14(3)12-7-5-4-6-11(12)13/h4-7,10H,8-9,13H2,1-3H3. The van der Waals surface area contributed by atoms with Gasteiger partial charge in [-0.3, -0.25) is 0 Å². The molecule has 0 bridgehead atoms. The summed E-state index contributed by atoms with van der Waals surface area (Å²) in [4.78, 5) is 1.87. The lowest BCUT2D eigenvalue weighted by Crippen LogP contribution is -2.29. The molecule has 0 atom stereocenters. The number of nitrogen functional groups attached to an aromatic ring is 1. The second-order valence-corrected chi connectivity index (χ2v) is 7.07. The van der Waals surface area contributed by atoms with Crippen molar-refractivity contribution in [1.82, 2.24) is 0 Å². The predicted molar refractivity (Wildman–Crippen MR) is 73.0 cm³/mol. The minimum Gasteiger partial charge on any atom is -0.397 e. The van der Waals surface area contributed by atoms with E-state index in [4.69, 9.17) is 5.73 Å². The Labute approximate surface area is 103 Å². The molecule has 0 fully saturated rings. The highest BCUT2D eigenvalue weighted by Crippen LogP contribution is 2.20. The molecule has 5 heteroatoms. The third-order valence-corrected chi connectivity index (χ3v) is 4.97. The quantitative estimate of drug-likeness (QED) is 0.811. The van der Waals surface area contributed by atoms with Crippen LogP contribution in [0.1, 0.15) is 13.8 Å². The number of sulfone groups is 1. The number of hydrogen-bond acceptors (Lipinski definition) is 4. The fourth-order valence-corrected chi connectivity index (χ4v) is 2.46. The molecule has 96 valence electrons. The predicted octanol–water partition coefficient (Wildman–Crippen LogP) is 1.53. The van der Waals surface area contributed by atoms with Crippen LogP contribution in [0.25, 0.3) is 0 Å². The van der Waals surface area contributed by atoms with Gasteiger partial charge in [0.05, 0.1) is 22.4 Å². The summed E-state index contributed by atoms with van der Waals surface area (Å²) >= 11 is 0. The van der Waals surface area contributed by atoms with Crippen LogP contribution in [0, 0.1) is 0 Å². The summed E-state index contributed by atoms with van der Waals surface area (Å²) in [6.07, 6.45) is 0. The first kappa shape index (κ1) is 13.8.